The largest absolute Gasteiger partial charge is 0.393 e. The molecule has 1 heteroatoms. The van der Waals surface area contributed by atoms with Crippen molar-refractivity contribution in [3.63, 3.8) is 0 Å². The summed E-state index contributed by atoms with van der Waals surface area (Å²) in [5, 5.41) is 9.57. The van der Waals surface area contributed by atoms with Gasteiger partial charge in [-0.1, -0.05) is 24.3 Å². The third-order valence-electron chi connectivity index (χ3n) is 4.27. The summed E-state index contributed by atoms with van der Waals surface area (Å²) in [5.41, 5.74) is 3.60. The Morgan fingerprint density at radius 1 is 1.00 bits per heavy atom. The zero-order valence-corrected chi connectivity index (χ0v) is 9.08. The molecule has 0 aliphatic heterocycles. The molecular weight excluding hydrogens is 184 g/mol. The van der Waals surface area contributed by atoms with E-state index in [4.69, 9.17) is 0 Å². The smallest absolute Gasteiger partial charge is 0.0540 e. The van der Waals surface area contributed by atoms with Gasteiger partial charge < -0.3 is 5.11 Å². The highest BCUT2D eigenvalue weighted by molar-refractivity contribution is 5.34. The molecule has 0 aromatic heterocycles. The van der Waals surface area contributed by atoms with Crippen LogP contribution in [0, 0.1) is 5.41 Å². The maximum absolute atomic E-state index is 9.57. The van der Waals surface area contributed by atoms with E-state index in [9.17, 15) is 5.11 Å². The minimum atomic E-state index is -0.0284. The number of hydrogen-bond acceptors (Lipinski definition) is 1. The van der Waals surface area contributed by atoms with Crippen molar-refractivity contribution in [3.8, 4) is 0 Å². The number of rotatable bonds is 0. The maximum Gasteiger partial charge on any atom is 0.0540 e. The lowest BCUT2D eigenvalue weighted by molar-refractivity contribution is 0.0675. The van der Waals surface area contributed by atoms with Crippen molar-refractivity contribution in [1.29, 1.82) is 0 Å². The Kier molecular flexibility index (Phi) is 2.10. The van der Waals surface area contributed by atoms with E-state index in [2.05, 4.69) is 24.3 Å². The van der Waals surface area contributed by atoms with Crippen LogP contribution in [0.4, 0.5) is 0 Å². The molecule has 15 heavy (non-hydrogen) atoms. The van der Waals surface area contributed by atoms with Crippen molar-refractivity contribution >= 4 is 0 Å². The Bertz CT molecular complexity index is 334. The summed E-state index contributed by atoms with van der Waals surface area (Å²) in [6.07, 6.45) is 6.90. The summed E-state index contributed by atoms with van der Waals surface area (Å²) in [6.45, 7) is 0. The van der Waals surface area contributed by atoms with Gasteiger partial charge in [-0.25, -0.2) is 0 Å². The van der Waals surface area contributed by atoms with E-state index in [0.717, 1.165) is 12.8 Å². The molecule has 1 N–H and O–H groups in total. The minimum Gasteiger partial charge on any atom is -0.393 e. The topological polar surface area (TPSA) is 20.2 Å². The van der Waals surface area contributed by atoms with Crippen molar-refractivity contribution in [1.82, 2.24) is 0 Å². The van der Waals surface area contributed by atoms with E-state index in [1.54, 1.807) is 11.1 Å². The highest BCUT2D eigenvalue weighted by atomic mass is 16.3. The third kappa shape index (κ3) is 1.59. The van der Waals surface area contributed by atoms with Crippen LogP contribution in [-0.4, -0.2) is 11.2 Å². The van der Waals surface area contributed by atoms with E-state index >= 15 is 0 Å². The van der Waals surface area contributed by atoms with Gasteiger partial charge in [-0.2, -0.15) is 0 Å². The quantitative estimate of drug-likeness (QED) is 0.686. The van der Waals surface area contributed by atoms with Gasteiger partial charge in [0.15, 0.2) is 0 Å². The Morgan fingerprint density at radius 2 is 1.53 bits per heavy atom. The predicted molar refractivity (Wildman–Crippen MR) is 60.8 cm³/mol. The number of fused-ring (bicyclic) bond motifs is 1. The lowest BCUT2D eigenvalue weighted by Crippen LogP contribution is -2.30. The average Bonchev–Trinajstić information content (AvgIpc) is 2.61. The molecule has 80 valence electrons. The minimum absolute atomic E-state index is 0.0284. The average molecular weight is 202 g/mol. The molecule has 1 aromatic rings. The molecule has 0 saturated heterocycles. The summed E-state index contributed by atoms with van der Waals surface area (Å²) < 4.78 is 0. The lowest BCUT2D eigenvalue weighted by atomic mass is 9.71. The molecule has 0 bridgehead atoms. The number of benzene rings is 1. The second-order valence-corrected chi connectivity index (χ2v) is 5.35. The molecule has 0 unspecified atom stereocenters. The fourth-order valence-electron chi connectivity index (χ4n) is 3.34. The number of aliphatic hydroxyl groups is 1. The van der Waals surface area contributed by atoms with Gasteiger partial charge in [-0.3, -0.25) is 0 Å². The van der Waals surface area contributed by atoms with Gasteiger partial charge in [0.2, 0.25) is 0 Å². The van der Waals surface area contributed by atoms with Crippen LogP contribution in [0.25, 0.3) is 0 Å². The van der Waals surface area contributed by atoms with Crippen molar-refractivity contribution in [2.75, 3.05) is 0 Å². The summed E-state index contributed by atoms with van der Waals surface area (Å²) >= 11 is 0. The maximum atomic E-state index is 9.57. The first-order valence-electron chi connectivity index (χ1n) is 6.02. The van der Waals surface area contributed by atoms with E-state index in [0.29, 0.717) is 5.41 Å². The van der Waals surface area contributed by atoms with Crippen LogP contribution in [-0.2, 0) is 12.8 Å². The molecule has 2 aliphatic rings. The van der Waals surface area contributed by atoms with E-state index in [-0.39, 0.29) is 6.10 Å². The van der Waals surface area contributed by atoms with Gasteiger partial charge in [0.05, 0.1) is 6.10 Å². The first-order chi connectivity index (χ1) is 7.27. The van der Waals surface area contributed by atoms with Crippen LogP contribution < -0.4 is 0 Å². The molecule has 0 radical (unpaired) electrons. The molecule has 1 aromatic carbocycles. The third-order valence-corrected chi connectivity index (χ3v) is 4.27. The highest BCUT2D eigenvalue weighted by Crippen LogP contribution is 2.47. The van der Waals surface area contributed by atoms with Crippen molar-refractivity contribution < 1.29 is 5.11 Å². The van der Waals surface area contributed by atoms with Crippen LogP contribution in [0.5, 0.6) is 0 Å². The van der Waals surface area contributed by atoms with Gasteiger partial charge in [0, 0.05) is 0 Å². The molecule has 1 saturated carbocycles. The van der Waals surface area contributed by atoms with E-state index in [1.165, 1.54) is 25.7 Å². The fourth-order valence-corrected chi connectivity index (χ4v) is 3.34. The molecule has 2 aliphatic carbocycles. The molecule has 1 nitrogen and oxygen atoms in total. The molecule has 3 rings (SSSR count). The van der Waals surface area contributed by atoms with Crippen LogP contribution in [0.3, 0.4) is 0 Å². The second kappa shape index (κ2) is 3.34. The zero-order valence-electron chi connectivity index (χ0n) is 9.08. The lowest BCUT2D eigenvalue weighted by Gasteiger charge is -2.35. The van der Waals surface area contributed by atoms with Crippen LogP contribution >= 0.6 is 0 Å². The number of hydrogen-bond donors (Lipinski definition) is 1. The summed E-state index contributed by atoms with van der Waals surface area (Å²) in [7, 11) is 0. The monoisotopic (exact) mass is 202 g/mol. The Balaban J connectivity index is 1.83. The Labute approximate surface area is 91.1 Å². The molecule has 0 heterocycles. The van der Waals surface area contributed by atoms with Gasteiger partial charge in [0.25, 0.3) is 0 Å². The van der Waals surface area contributed by atoms with Gasteiger partial charge in [0.1, 0.15) is 0 Å². The van der Waals surface area contributed by atoms with E-state index < -0.39 is 0 Å². The first kappa shape index (κ1) is 9.41. The van der Waals surface area contributed by atoms with Crippen molar-refractivity contribution in [2.45, 2.75) is 44.6 Å². The normalized spacial score (nSPS) is 24.3. The zero-order chi connectivity index (χ0) is 10.3. The van der Waals surface area contributed by atoms with Crippen molar-refractivity contribution in [2.24, 2.45) is 5.41 Å². The van der Waals surface area contributed by atoms with Crippen LogP contribution in [0.15, 0.2) is 24.3 Å². The molecular formula is C14H18O. The van der Waals surface area contributed by atoms with E-state index in [1.807, 2.05) is 0 Å². The summed E-state index contributed by atoms with van der Waals surface area (Å²) in [6, 6.07) is 8.84. The Morgan fingerprint density at radius 3 is 2.07 bits per heavy atom. The summed E-state index contributed by atoms with van der Waals surface area (Å²) in [5.74, 6) is 0. The van der Waals surface area contributed by atoms with Crippen LogP contribution in [0.1, 0.15) is 36.8 Å². The summed E-state index contributed by atoms with van der Waals surface area (Å²) in [4.78, 5) is 0. The molecule has 0 amide bonds. The standard InChI is InChI=1S/C14H18O/c15-13-5-7-14(8-6-13)9-11-3-1-2-4-12(11)10-14/h1-4,13,15H,5-10H2. The Hall–Kier alpha value is -0.820. The van der Waals surface area contributed by atoms with Crippen molar-refractivity contribution in [3.05, 3.63) is 35.4 Å². The van der Waals surface area contributed by atoms with Gasteiger partial charge in [-0.05, 0) is 55.1 Å². The fraction of sp³-hybridized carbons (Fsp3) is 0.571. The second-order valence-electron chi connectivity index (χ2n) is 5.35. The van der Waals surface area contributed by atoms with Crippen LogP contribution in [0.2, 0.25) is 0 Å². The molecule has 0 atom stereocenters. The highest BCUT2D eigenvalue weighted by Gasteiger charge is 2.39. The predicted octanol–water partition coefficient (Wildman–Crippen LogP) is 2.71. The van der Waals surface area contributed by atoms with Gasteiger partial charge in [-0.15, -0.1) is 0 Å². The van der Waals surface area contributed by atoms with Gasteiger partial charge >= 0.3 is 0 Å². The first-order valence-corrected chi connectivity index (χ1v) is 6.02. The number of aliphatic hydroxyl groups excluding tert-OH is 1. The molecule has 1 fully saturated rings. The molecule has 1 spiro atoms. The SMILES string of the molecule is OC1CCC2(CC1)Cc1ccccc1C2.